The van der Waals surface area contributed by atoms with Crippen LogP contribution in [0.4, 0.5) is 5.13 Å². The Morgan fingerprint density at radius 3 is 2.67 bits per heavy atom. The van der Waals surface area contributed by atoms with Gasteiger partial charge >= 0.3 is 0 Å². The molecule has 1 aromatic heterocycles. The first kappa shape index (κ1) is 17.6. The summed E-state index contributed by atoms with van der Waals surface area (Å²) in [5, 5.41) is 1.01. The van der Waals surface area contributed by atoms with Gasteiger partial charge in [-0.25, -0.2) is 4.98 Å². The maximum absolute atomic E-state index is 12.1. The van der Waals surface area contributed by atoms with Gasteiger partial charge in [0.05, 0.1) is 16.0 Å². The van der Waals surface area contributed by atoms with Crippen molar-refractivity contribution in [2.75, 3.05) is 43.1 Å². The minimum atomic E-state index is -0.0129. The van der Waals surface area contributed by atoms with Gasteiger partial charge in [0.2, 0.25) is 5.91 Å². The van der Waals surface area contributed by atoms with E-state index in [1.165, 1.54) is 16.5 Å². The molecule has 1 aliphatic heterocycles. The summed E-state index contributed by atoms with van der Waals surface area (Å²) in [7, 11) is 0. The Morgan fingerprint density at radius 1 is 1.25 bits per heavy atom. The van der Waals surface area contributed by atoms with Crippen molar-refractivity contribution in [1.29, 1.82) is 0 Å². The molecule has 128 valence electrons. The molecular weight excluding hydrogens is 362 g/mol. The van der Waals surface area contributed by atoms with Gasteiger partial charge in [0, 0.05) is 38.0 Å². The zero-order valence-electron chi connectivity index (χ0n) is 13.7. The second-order valence-corrected chi connectivity index (χ2v) is 8.46. The van der Waals surface area contributed by atoms with Crippen LogP contribution < -0.4 is 4.90 Å². The number of rotatable bonds is 4. The Hall–Kier alpha value is -1.25. The van der Waals surface area contributed by atoms with Crippen molar-refractivity contribution < 1.29 is 9.59 Å². The van der Waals surface area contributed by atoms with Gasteiger partial charge in [-0.2, -0.15) is 0 Å². The Labute approximate surface area is 153 Å². The largest absolute Gasteiger partial charge is 0.345 e. The lowest BCUT2D eigenvalue weighted by molar-refractivity contribution is -0.128. The molecule has 1 aliphatic rings. The summed E-state index contributed by atoms with van der Waals surface area (Å²) in [4.78, 5) is 33.2. The second kappa shape index (κ2) is 7.76. The third-order valence-electron chi connectivity index (χ3n) is 3.89. The predicted molar refractivity (Wildman–Crippen MR) is 103 cm³/mol. The molecule has 24 heavy (non-hydrogen) atoms. The topological polar surface area (TPSA) is 53.5 Å². The van der Waals surface area contributed by atoms with Crippen molar-refractivity contribution in [2.24, 2.45) is 0 Å². The van der Waals surface area contributed by atoms with E-state index in [0.717, 1.165) is 35.5 Å². The van der Waals surface area contributed by atoms with Crippen LogP contribution in [-0.4, -0.2) is 59.1 Å². The van der Waals surface area contributed by atoms with Crippen molar-refractivity contribution in [1.82, 2.24) is 9.88 Å². The number of nitrogens with zero attached hydrogens (tertiary/aromatic N) is 3. The molecule has 0 bridgehead atoms. The van der Waals surface area contributed by atoms with Crippen LogP contribution in [0.5, 0.6) is 0 Å². The quantitative estimate of drug-likeness (QED) is 0.759. The molecule has 1 fully saturated rings. The second-order valence-electron chi connectivity index (χ2n) is 5.45. The number of amides is 1. The number of aromatic nitrogens is 1. The predicted octanol–water partition coefficient (Wildman–Crippen LogP) is 2.95. The smallest absolute Gasteiger partial charge is 0.233 e. The van der Waals surface area contributed by atoms with Crippen LogP contribution in [0, 0.1) is 0 Å². The van der Waals surface area contributed by atoms with Gasteiger partial charge in [-0.1, -0.05) is 29.2 Å². The molecule has 0 N–H and O–H groups in total. The number of para-hydroxylation sites is 1. The lowest BCUT2D eigenvalue weighted by atomic mass is 10.3. The van der Waals surface area contributed by atoms with Gasteiger partial charge < -0.3 is 9.80 Å². The lowest BCUT2D eigenvalue weighted by Crippen LogP contribution is -2.49. The summed E-state index contributed by atoms with van der Waals surface area (Å²) >= 11 is 4.50. The third-order valence-corrected chi connectivity index (χ3v) is 6.54. The molecule has 0 unspecified atom stereocenters. The molecule has 2 heterocycles. The van der Waals surface area contributed by atoms with Gasteiger partial charge in [-0.3, -0.25) is 9.59 Å². The van der Waals surface area contributed by atoms with Crippen LogP contribution in [0.3, 0.4) is 0 Å². The van der Waals surface area contributed by atoms with Gasteiger partial charge in [0.25, 0.3) is 0 Å². The van der Waals surface area contributed by atoms with Crippen molar-refractivity contribution >= 4 is 61.2 Å². The molecule has 5 nitrogen and oxygen atoms in total. The molecule has 0 atom stereocenters. The van der Waals surface area contributed by atoms with E-state index in [1.54, 1.807) is 23.1 Å². The molecule has 2 aromatic rings. The molecule has 3 rings (SSSR count). The zero-order valence-corrected chi connectivity index (χ0v) is 16.1. The summed E-state index contributed by atoms with van der Waals surface area (Å²) in [6.45, 7) is 4.42. The fourth-order valence-corrected chi connectivity index (χ4v) is 4.80. The fourth-order valence-electron chi connectivity index (χ4n) is 2.61. The first-order chi connectivity index (χ1) is 11.6. The van der Waals surface area contributed by atoms with E-state index < -0.39 is 0 Å². The summed E-state index contributed by atoms with van der Waals surface area (Å²) < 4.78 is 1.20. The number of carbonyl (C=O) groups is 2. The zero-order chi connectivity index (χ0) is 17.1. The fraction of sp³-hybridized carbons (Fsp3) is 0.438. The van der Waals surface area contributed by atoms with Crippen LogP contribution in [0.1, 0.15) is 6.92 Å². The highest BCUT2D eigenvalue weighted by Gasteiger charge is 2.23. The van der Waals surface area contributed by atoms with Crippen LogP contribution >= 0.6 is 34.9 Å². The molecule has 1 aromatic carbocycles. The molecule has 0 saturated carbocycles. The third kappa shape index (κ3) is 3.87. The number of carbonyl (C=O) groups excluding carboxylic acids is 2. The average molecular weight is 382 g/mol. The highest BCUT2D eigenvalue weighted by molar-refractivity contribution is 8.14. The molecule has 0 radical (unpaired) electrons. The van der Waals surface area contributed by atoms with Crippen molar-refractivity contribution in [3.05, 3.63) is 18.2 Å². The van der Waals surface area contributed by atoms with Crippen molar-refractivity contribution in [3.63, 3.8) is 0 Å². The maximum atomic E-state index is 12.1. The van der Waals surface area contributed by atoms with Crippen molar-refractivity contribution in [3.8, 4) is 0 Å². The average Bonchev–Trinajstić information content (AvgIpc) is 3.04. The number of anilines is 1. The minimum Gasteiger partial charge on any atom is -0.345 e. The van der Waals surface area contributed by atoms with E-state index in [1.807, 2.05) is 4.90 Å². The molecule has 1 amide bonds. The Bertz CT molecular complexity index is 754. The van der Waals surface area contributed by atoms with Crippen LogP contribution in [0.25, 0.3) is 10.2 Å². The molecule has 1 saturated heterocycles. The Balaban J connectivity index is 1.64. The number of piperazine rings is 1. The van der Waals surface area contributed by atoms with E-state index >= 15 is 0 Å². The maximum Gasteiger partial charge on any atom is 0.233 e. The SMILES string of the molecule is CSc1cccc2sc(N3CCN(C(=O)CSC(C)=O)CC3)nc12. The highest BCUT2D eigenvalue weighted by Crippen LogP contribution is 2.34. The van der Waals surface area contributed by atoms with Crippen LogP contribution in [0.2, 0.25) is 0 Å². The molecule has 0 spiro atoms. The van der Waals surface area contributed by atoms with Gasteiger partial charge in [0.15, 0.2) is 10.2 Å². The van der Waals surface area contributed by atoms with Gasteiger partial charge in [0.1, 0.15) is 0 Å². The summed E-state index contributed by atoms with van der Waals surface area (Å²) in [6, 6.07) is 6.27. The van der Waals surface area contributed by atoms with Gasteiger partial charge in [-0.15, -0.1) is 11.8 Å². The van der Waals surface area contributed by atoms with E-state index in [9.17, 15) is 9.59 Å². The van der Waals surface area contributed by atoms with Crippen LogP contribution in [0.15, 0.2) is 23.1 Å². The molecule has 8 heteroatoms. The summed E-state index contributed by atoms with van der Waals surface area (Å²) in [5.74, 6) is 0.289. The van der Waals surface area contributed by atoms with E-state index in [2.05, 4.69) is 29.4 Å². The number of thiazole rings is 1. The Morgan fingerprint density at radius 2 is 2.00 bits per heavy atom. The normalized spacial score (nSPS) is 15.1. The minimum absolute atomic E-state index is 0.0129. The number of thioether (sulfide) groups is 2. The summed E-state index contributed by atoms with van der Waals surface area (Å²) in [5.41, 5.74) is 1.07. The highest BCUT2D eigenvalue weighted by atomic mass is 32.2. The number of fused-ring (bicyclic) bond motifs is 1. The number of benzene rings is 1. The monoisotopic (exact) mass is 381 g/mol. The van der Waals surface area contributed by atoms with E-state index in [0.29, 0.717) is 13.1 Å². The van der Waals surface area contributed by atoms with Crippen molar-refractivity contribution in [2.45, 2.75) is 11.8 Å². The number of hydrogen-bond acceptors (Lipinski definition) is 7. The first-order valence-corrected chi connectivity index (χ1v) is 10.7. The van der Waals surface area contributed by atoms with Gasteiger partial charge in [-0.05, 0) is 18.4 Å². The Kier molecular flexibility index (Phi) is 5.68. The standard InChI is InChI=1S/C16H19N3O2S3/c1-11(20)23-10-14(21)18-6-8-19(9-7-18)16-17-15-12(22-2)4-3-5-13(15)24-16/h3-5H,6-10H2,1-2H3. The molecular formula is C16H19N3O2S3. The number of hydrogen-bond donors (Lipinski definition) is 0. The van der Waals surface area contributed by atoms with Crippen LogP contribution in [-0.2, 0) is 9.59 Å². The summed E-state index contributed by atoms with van der Waals surface area (Å²) in [6.07, 6.45) is 2.07. The van der Waals surface area contributed by atoms with E-state index in [-0.39, 0.29) is 16.8 Å². The molecule has 0 aliphatic carbocycles. The van der Waals surface area contributed by atoms with E-state index in [4.69, 9.17) is 4.98 Å². The lowest BCUT2D eigenvalue weighted by Gasteiger charge is -2.34. The first-order valence-electron chi connectivity index (χ1n) is 7.68.